The van der Waals surface area contributed by atoms with E-state index in [2.05, 4.69) is 5.32 Å². The molecule has 2 aromatic rings. The van der Waals surface area contributed by atoms with Gasteiger partial charge in [0.2, 0.25) is 0 Å². The van der Waals surface area contributed by atoms with Crippen molar-refractivity contribution in [1.29, 1.82) is 5.41 Å². The third-order valence-electron chi connectivity index (χ3n) is 4.54. The fraction of sp³-hybridized carbons (Fsp3) is 0.333. The predicted octanol–water partition coefficient (Wildman–Crippen LogP) is 2.80. The van der Waals surface area contributed by atoms with Crippen LogP contribution >= 0.6 is 0 Å². The van der Waals surface area contributed by atoms with E-state index in [4.69, 9.17) is 30.5 Å². The summed E-state index contributed by atoms with van der Waals surface area (Å²) in [6, 6.07) is 13.3. The van der Waals surface area contributed by atoms with Gasteiger partial charge in [0.05, 0.1) is 19.1 Å². The van der Waals surface area contributed by atoms with Crippen LogP contribution in [0.2, 0.25) is 0 Å². The molecule has 0 bridgehead atoms. The number of nitrogen functional groups attached to an aromatic ring is 1. The van der Waals surface area contributed by atoms with Crippen molar-refractivity contribution in [3.8, 4) is 5.75 Å². The Morgan fingerprint density at radius 3 is 2.19 bits per heavy atom. The third kappa shape index (κ3) is 11.3. The molecule has 1 amide bonds. The quantitative estimate of drug-likeness (QED) is 0.209. The number of carboxylic acid groups (broad SMARTS) is 1. The highest BCUT2D eigenvalue weighted by molar-refractivity contribution is 5.95. The maximum atomic E-state index is 12.7. The zero-order valence-electron chi connectivity index (χ0n) is 20.5. The number of carbonyl (C=O) groups is 3. The van der Waals surface area contributed by atoms with Gasteiger partial charge in [-0.3, -0.25) is 15.0 Å². The number of amides is 1. The zero-order valence-corrected chi connectivity index (χ0v) is 20.5. The minimum absolute atomic E-state index is 0.0260. The van der Waals surface area contributed by atoms with Gasteiger partial charge < -0.3 is 30.5 Å². The number of benzene rings is 2. The van der Waals surface area contributed by atoms with E-state index < -0.39 is 24.2 Å². The second kappa shape index (κ2) is 14.3. The number of nitrogens with one attached hydrogen (secondary N) is 2. The SMILES string of the molecule is CCOC(=O)C[C@H](COc1cccc(C(=N)N)c1)NC(=O)c1ccc(N(C)C)cc1.O=C(O)C(F)(F)F. The molecule has 0 aliphatic rings. The van der Waals surface area contributed by atoms with E-state index in [0.29, 0.717) is 16.9 Å². The van der Waals surface area contributed by atoms with Crippen LogP contribution in [0.15, 0.2) is 48.5 Å². The number of hydrogen-bond donors (Lipinski definition) is 4. The number of carbonyl (C=O) groups excluding carboxylic acids is 2. The van der Waals surface area contributed by atoms with Crippen molar-refractivity contribution in [3.05, 3.63) is 59.7 Å². The molecular formula is C24H29F3N4O6. The lowest BCUT2D eigenvalue weighted by atomic mass is 10.1. The van der Waals surface area contributed by atoms with Gasteiger partial charge in [-0.05, 0) is 43.3 Å². The summed E-state index contributed by atoms with van der Waals surface area (Å²) in [7, 11) is 3.84. The molecule has 0 heterocycles. The minimum atomic E-state index is -5.08. The van der Waals surface area contributed by atoms with Crippen LogP contribution in [-0.4, -0.2) is 68.3 Å². The topological polar surface area (TPSA) is 155 Å². The first-order chi connectivity index (χ1) is 17.2. The van der Waals surface area contributed by atoms with Crippen LogP contribution in [0.25, 0.3) is 0 Å². The van der Waals surface area contributed by atoms with Crippen molar-refractivity contribution in [1.82, 2.24) is 5.32 Å². The van der Waals surface area contributed by atoms with Gasteiger partial charge in [-0.2, -0.15) is 13.2 Å². The molecule has 0 fully saturated rings. The van der Waals surface area contributed by atoms with Gasteiger partial charge in [-0.1, -0.05) is 12.1 Å². The fourth-order valence-electron chi connectivity index (χ4n) is 2.70. The summed E-state index contributed by atoms with van der Waals surface area (Å²) in [6.45, 7) is 2.04. The first-order valence-corrected chi connectivity index (χ1v) is 10.9. The summed E-state index contributed by atoms with van der Waals surface area (Å²) in [6.07, 6.45) is -5.11. The van der Waals surface area contributed by atoms with Crippen molar-refractivity contribution in [2.45, 2.75) is 25.6 Å². The Morgan fingerprint density at radius 1 is 1.11 bits per heavy atom. The summed E-state index contributed by atoms with van der Waals surface area (Å²) < 4.78 is 42.5. The van der Waals surface area contributed by atoms with Gasteiger partial charge in [0.1, 0.15) is 18.2 Å². The largest absolute Gasteiger partial charge is 0.491 e. The molecule has 5 N–H and O–H groups in total. The van der Waals surface area contributed by atoms with Gasteiger partial charge in [-0.25, -0.2) is 4.79 Å². The standard InChI is InChI=1S/C22H28N4O4.C2HF3O2/c1-4-29-20(27)13-17(14-30-19-7-5-6-16(12-19)21(23)24)25-22(28)15-8-10-18(11-9-15)26(2)3;3-2(4,5)1(6)7/h5-12,17H,4,13-14H2,1-3H3,(H3,23,24)(H,25,28);(H,6,7)/t17-;/m1./s1. The van der Waals surface area contributed by atoms with Gasteiger partial charge >= 0.3 is 18.1 Å². The summed E-state index contributed by atoms with van der Waals surface area (Å²) in [5.41, 5.74) is 7.49. The molecule has 37 heavy (non-hydrogen) atoms. The Morgan fingerprint density at radius 2 is 1.70 bits per heavy atom. The first kappa shape index (κ1) is 30.7. The Balaban J connectivity index is 0.000000856. The molecule has 2 aromatic carbocycles. The van der Waals surface area contributed by atoms with Gasteiger partial charge in [0.25, 0.3) is 5.91 Å². The Bertz CT molecular complexity index is 1070. The molecule has 0 aliphatic carbocycles. The molecule has 0 aliphatic heterocycles. The molecule has 1 atom stereocenters. The van der Waals surface area contributed by atoms with Crippen LogP contribution in [0, 0.1) is 5.41 Å². The molecular weight excluding hydrogens is 497 g/mol. The number of aliphatic carboxylic acids is 1. The van der Waals surface area contributed by atoms with Crippen molar-refractivity contribution >= 4 is 29.4 Å². The lowest BCUT2D eigenvalue weighted by Crippen LogP contribution is -2.41. The molecule has 13 heteroatoms. The van der Waals surface area contributed by atoms with E-state index in [1.165, 1.54) is 0 Å². The Labute approximate surface area is 211 Å². The maximum Gasteiger partial charge on any atom is 0.490 e. The molecule has 0 saturated heterocycles. The lowest BCUT2D eigenvalue weighted by molar-refractivity contribution is -0.192. The fourth-order valence-corrected chi connectivity index (χ4v) is 2.70. The molecule has 2 rings (SSSR count). The Kier molecular flexibility index (Phi) is 11.9. The first-order valence-electron chi connectivity index (χ1n) is 10.9. The van der Waals surface area contributed by atoms with E-state index >= 15 is 0 Å². The molecule has 0 radical (unpaired) electrons. The second-order valence-corrected chi connectivity index (χ2v) is 7.68. The van der Waals surface area contributed by atoms with Crippen LogP contribution in [0.3, 0.4) is 0 Å². The number of rotatable bonds is 10. The van der Waals surface area contributed by atoms with Crippen molar-refractivity contribution in [2.75, 3.05) is 32.2 Å². The highest BCUT2D eigenvalue weighted by Crippen LogP contribution is 2.15. The molecule has 0 saturated carbocycles. The molecule has 0 spiro atoms. The Hall–Kier alpha value is -4.29. The number of esters is 1. The summed E-state index contributed by atoms with van der Waals surface area (Å²) >= 11 is 0. The molecule has 0 unspecified atom stereocenters. The van der Waals surface area contributed by atoms with Crippen LogP contribution in [0.1, 0.15) is 29.3 Å². The highest BCUT2D eigenvalue weighted by atomic mass is 19.4. The monoisotopic (exact) mass is 526 g/mol. The van der Waals surface area contributed by atoms with Crippen molar-refractivity contribution < 1.29 is 42.1 Å². The number of nitrogens with zero attached hydrogens (tertiary/aromatic N) is 1. The minimum Gasteiger partial charge on any atom is -0.491 e. The molecule has 10 nitrogen and oxygen atoms in total. The highest BCUT2D eigenvalue weighted by Gasteiger charge is 2.38. The van der Waals surface area contributed by atoms with Crippen LogP contribution in [0.4, 0.5) is 18.9 Å². The number of nitrogens with two attached hydrogens (primary N) is 1. The van der Waals surface area contributed by atoms with Gasteiger partial charge in [0.15, 0.2) is 0 Å². The summed E-state index contributed by atoms with van der Waals surface area (Å²) in [5, 5.41) is 17.5. The van der Waals surface area contributed by atoms with E-state index in [9.17, 15) is 22.8 Å². The van der Waals surface area contributed by atoms with Crippen LogP contribution < -0.4 is 20.7 Å². The number of alkyl halides is 3. The molecule has 0 aromatic heterocycles. The average Bonchev–Trinajstić information content (AvgIpc) is 2.82. The lowest BCUT2D eigenvalue weighted by Gasteiger charge is -2.19. The maximum absolute atomic E-state index is 12.7. The predicted molar refractivity (Wildman–Crippen MR) is 130 cm³/mol. The van der Waals surface area contributed by atoms with Crippen LogP contribution in [-0.2, 0) is 14.3 Å². The number of hydrogen-bond acceptors (Lipinski definition) is 7. The van der Waals surface area contributed by atoms with Crippen LogP contribution in [0.5, 0.6) is 5.75 Å². The van der Waals surface area contributed by atoms with Gasteiger partial charge in [0, 0.05) is 30.9 Å². The average molecular weight is 527 g/mol. The second-order valence-electron chi connectivity index (χ2n) is 7.68. The zero-order chi connectivity index (χ0) is 28.2. The smallest absolute Gasteiger partial charge is 0.490 e. The summed E-state index contributed by atoms with van der Waals surface area (Å²) in [5.74, 6) is -3.07. The molecule has 202 valence electrons. The van der Waals surface area contributed by atoms with Gasteiger partial charge in [-0.15, -0.1) is 0 Å². The number of ether oxygens (including phenoxy) is 2. The number of halogens is 3. The van der Waals surface area contributed by atoms with E-state index in [1.807, 2.05) is 31.1 Å². The van der Waals surface area contributed by atoms with E-state index in [0.717, 1.165) is 5.69 Å². The van der Waals surface area contributed by atoms with E-state index in [-0.39, 0.29) is 31.4 Å². The van der Waals surface area contributed by atoms with Crippen molar-refractivity contribution in [2.24, 2.45) is 5.73 Å². The number of amidine groups is 1. The third-order valence-corrected chi connectivity index (χ3v) is 4.54. The summed E-state index contributed by atoms with van der Waals surface area (Å²) in [4.78, 5) is 35.5. The van der Waals surface area contributed by atoms with E-state index in [1.54, 1.807) is 43.3 Å². The number of carboxylic acids is 1. The number of anilines is 1. The van der Waals surface area contributed by atoms with Crippen molar-refractivity contribution in [3.63, 3.8) is 0 Å². The normalized spacial score (nSPS) is 11.3.